The van der Waals surface area contributed by atoms with E-state index < -0.39 is 0 Å². The van der Waals surface area contributed by atoms with E-state index in [1.165, 1.54) is 0 Å². The van der Waals surface area contributed by atoms with Crippen molar-refractivity contribution in [3.05, 3.63) is 65.5 Å². The number of benzene rings is 2. The lowest BCUT2D eigenvalue weighted by atomic mass is 10.1. The van der Waals surface area contributed by atoms with E-state index in [9.17, 15) is 4.79 Å². The van der Waals surface area contributed by atoms with Crippen LogP contribution in [0.5, 0.6) is 0 Å². The molecule has 130 valence electrons. The Bertz CT molecular complexity index is 862. The van der Waals surface area contributed by atoms with Crippen molar-refractivity contribution in [3.8, 4) is 0 Å². The number of rotatable bonds is 6. The van der Waals surface area contributed by atoms with Gasteiger partial charge in [0.2, 0.25) is 0 Å². The minimum absolute atomic E-state index is 0.0672. The second-order valence-electron chi connectivity index (χ2n) is 6.90. The van der Waals surface area contributed by atoms with Crippen molar-refractivity contribution in [2.45, 2.75) is 40.3 Å². The SMILES string of the molecule is Cc1ccc(C(=O)NCc2nc3ccccc3n2CCC(C)C)cc1. The number of hydrogen-bond acceptors (Lipinski definition) is 2. The molecule has 0 aliphatic carbocycles. The Morgan fingerprint density at radius 3 is 2.56 bits per heavy atom. The summed E-state index contributed by atoms with van der Waals surface area (Å²) in [6.45, 7) is 7.79. The van der Waals surface area contributed by atoms with Crippen LogP contribution in [0, 0.1) is 12.8 Å². The van der Waals surface area contributed by atoms with Crippen LogP contribution in [-0.4, -0.2) is 15.5 Å². The topological polar surface area (TPSA) is 46.9 Å². The molecule has 1 N–H and O–H groups in total. The molecule has 1 amide bonds. The van der Waals surface area contributed by atoms with Gasteiger partial charge in [-0.25, -0.2) is 4.98 Å². The van der Waals surface area contributed by atoms with Gasteiger partial charge in [-0.1, -0.05) is 43.7 Å². The first-order valence-corrected chi connectivity index (χ1v) is 8.83. The molecule has 0 atom stereocenters. The second-order valence-corrected chi connectivity index (χ2v) is 6.90. The Morgan fingerprint density at radius 2 is 1.84 bits per heavy atom. The largest absolute Gasteiger partial charge is 0.345 e. The molecule has 3 rings (SSSR count). The Labute approximate surface area is 148 Å². The van der Waals surface area contributed by atoms with Crippen LogP contribution in [0.25, 0.3) is 11.0 Å². The van der Waals surface area contributed by atoms with Gasteiger partial charge in [-0.2, -0.15) is 0 Å². The first-order valence-electron chi connectivity index (χ1n) is 8.83. The summed E-state index contributed by atoms with van der Waals surface area (Å²) in [5.41, 5.74) is 3.93. The molecule has 0 fully saturated rings. The summed E-state index contributed by atoms with van der Waals surface area (Å²) in [5.74, 6) is 1.46. The lowest BCUT2D eigenvalue weighted by Crippen LogP contribution is -2.25. The molecule has 0 radical (unpaired) electrons. The second kappa shape index (κ2) is 7.51. The summed E-state index contributed by atoms with van der Waals surface area (Å²) in [7, 11) is 0. The van der Waals surface area contributed by atoms with E-state index in [2.05, 4.69) is 29.8 Å². The first-order chi connectivity index (χ1) is 12.0. The van der Waals surface area contributed by atoms with Gasteiger partial charge >= 0.3 is 0 Å². The van der Waals surface area contributed by atoms with Crippen molar-refractivity contribution in [2.75, 3.05) is 0 Å². The van der Waals surface area contributed by atoms with Crippen molar-refractivity contribution in [1.29, 1.82) is 0 Å². The van der Waals surface area contributed by atoms with Crippen molar-refractivity contribution in [2.24, 2.45) is 5.92 Å². The fourth-order valence-corrected chi connectivity index (χ4v) is 2.86. The monoisotopic (exact) mass is 335 g/mol. The third kappa shape index (κ3) is 4.08. The maximum Gasteiger partial charge on any atom is 0.251 e. The Balaban J connectivity index is 1.79. The number of fused-ring (bicyclic) bond motifs is 1. The predicted molar refractivity (Wildman–Crippen MR) is 102 cm³/mol. The van der Waals surface area contributed by atoms with E-state index in [0.717, 1.165) is 35.4 Å². The molecule has 25 heavy (non-hydrogen) atoms. The molecule has 4 nitrogen and oxygen atoms in total. The number of amides is 1. The lowest BCUT2D eigenvalue weighted by Gasteiger charge is -2.12. The third-order valence-electron chi connectivity index (χ3n) is 4.38. The Kier molecular flexibility index (Phi) is 5.17. The zero-order chi connectivity index (χ0) is 17.8. The van der Waals surface area contributed by atoms with Gasteiger partial charge < -0.3 is 9.88 Å². The van der Waals surface area contributed by atoms with Crippen LogP contribution >= 0.6 is 0 Å². The minimum Gasteiger partial charge on any atom is -0.345 e. The van der Waals surface area contributed by atoms with Crippen molar-refractivity contribution < 1.29 is 4.79 Å². The van der Waals surface area contributed by atoms with Crippen molar-refractivity contribution in [1.82, 2.24) is 14.9 Å². The van der Waals surface area contributed by atoms with Gasteiger partial charge in [0.15, 0.2) is 0 Å². The van der Waals surface area contributed by atoms with E-state index in [1.54, 1.807) is 0 Å². The van der Waals surface area contributed by atoms with E-state index in [1.807, 2.05) is 49.4 Å². The maximum atomic E-state index is 12.4. The molecule has 0 unspecified atom stereocenters. The molecule has 0 aliphatic rings. The summed E-state index contributed by atoms with van der Waals surface area (Å²) in [6.07, 6.45) is 1.08. The Hall–Kier alpha value is -2.62. The number of aryl methyl sites for hydroxylation is 2. The number of nitrogens with one attached hydrogen (secondary N) is 1. The normalized spacial score (nSPS) is 11.2. The number of nitrogens with zero attached hydrogens (tertiary/aromatic N) is 2. The number of carbonyl (C=O) groups excluding carboxylic acids is 1. The lowest BCUT2D eigenvalue weighted by molar-refractivity contribution is 0.0949. The van der Waals surface area contributed by atoms with Crippen LogP contribution in [0.1, 0.15) is 42.0 Å². The average molecular weight is 335 g/mol. The highest BCUT2D eigenvalue weighted by Crippen LogP contribution is 2.18. The number of hydrogen-bond donors (Lipinski definition) is 1. The van der Waals surface area contributed by atoms with E-state index >= 15 is 0 Å². The van der Waals surface area contributed by atoms with Gasteiger partial charge in [0.25, 0.3) is 5.91 Å². The zero-order valence-corrected chi connectivity index (χ0v) is 15.1. The predicted octanol–water partition coefficient (Wildman–Crippen LogP) is 4.32. The van der Waals surface area contributed by atoms with Crippen LogP contribution in [0.4, 0.5) is 0 Å². The van der Waals surface area contributed by atoms with Gasteiger partial charge in [-0.05, 0) is 43.5 Å². The molecule has 0 spiro atoms. The summed E-state index contributed by atoms with van der Waals surface area (Å²) < 4.78 is 2.23. The number of carbonyl (C=O) groups is 1. The highest BCUT2D eigenvalue weighted by molar-refractivity contribution is 5.94. The Morgan fingerprint density at radius 1 is 1.12 bits per heavy atom. The molecular formula is C21H25N3O. The molecule has 1 aromatic heterocycles. The van der Waals surface area contributed by atoms with Gasteiger partial charge in [0, 0.05) is 12.1 Å². The quantitative estimate of drug-likeness (QED) is 0.729. The summed E-state index contributed by atoms with van der Waals surface area (Å²) in [5, 5.41) is 3.00. The molecule has 0 saturated heterocycles. The molecule has 3 aromatic rings. The van der Waals surface area contributed by atoms with Gasteiger partial charge in [-0.3, -0.25) is 4.79 Å². The summed E-state index contributed by atoms with van der Waals surface area (Å²) >= 11 is 0. The molecule has 0 aliphatic heterocycles. The van der Waals surface area contributed by atoms with Gasteiger partial charge in [0.05, 0.1) is 17.6 Å². The van der Waals surface area contributed by atoms with Crippen molar-refractivity contribution >= 4 is 16.9 Å². The third-order valence-corrected chi connectivity index (χ3v) is 4.38. The summed E-state index contributed by atoms with van der Waals surface area (Å²) in [4.78, 5) is 17.1. The molecule has 0 bridgehead atoms. The highest BCUT2D eigenvalue weighted by Gasteiger charge is 2.12. The van der Waals surface area contributed by atoms with Crippen LogP contribution in [0.2, 0.25) is 0 Å². The average Bonchev–Trinajstić information content (AvgIpc) is 2.96. The van der Waals surface area contributed by atoms with E-state index in [-0.39, 0.29) is 5.91 Å². The van der Waals surface area contributed by atoms with Gasteiger partial charge in [-0.15, -0.1) is 0 Å². The van der Waals surface area contributed by atoms with Gasteiger partial charge in [0.1, 0.15) is 5.82 Å². The number of imidazole rings is 1. The standard InChI is InChI=1S/C21H25N3O/c1-15(2)12-13-24-19-7-5-4-6-18(19)23-20(24)14-22-21(25)17-10-8-16(3)9-11-17/h4-11,15H,12-14H2,1-3H3,(H,22,25). The van der Waals surface area contributed by atoms with Crippen LogP contribution in [0.3, 0.4) is 0 Å². The smallest absolute Gasteiger partial charge is 0.251 e. The van der Waals surface area contributed by atoms with Crippen LogP contribution < -0.4 is 5.32 Å². The molecule has 2 aromatic carbocycles. The van der Waals surface area contributed by atoms with E-state index in [4.69, 9.17) is 4.98 Å². The maximum absolute atomic E-state index is 12.4. The zero-order valence-electron chi connectivity index (χ0n) is 15.1. The molecule has 4 heteroatoms. The van der Waals surface area contributed by atoms with Crippen LogP contribution in [-0.2, 0) is 13.1 Å². The summed E-state index contributed by atoms with van der Waals surface area (Å²) in [6, 6.07) is 15.8. The van der Waals surface area contributed by atoms with Crippen molar-refractivity contribution in [3.63, 3.8) is 0 Å². The van der Waals surface area contributed by atoms with Crippen LogP contribution in [0.15, 0.2) is 48.5 Å². The first kappa shape index (κ1) is 17.2. The molecule has 1 heterocycles. The fraction of sp³-hybridized carbons (Fsp3) is 0.333. The minimum atomic E-state index is -0.0672. The molecular weight excluding hydrogens is 310 g/mol. The fourth-order valence-electron chi connectivity index (χ4n) is 2.86. The van der Waals surface area contributed by atoms with E-state index in [0.29, 0.717) is 18.0 Å². The highest BCUT2D eigenvalue weighted by atomic mass is 16.1. The number of aromatic nitrogens is 2. The molecule has 0 saturated carbocycles. The number of para-hydroxylation sites is 2.